The zero-order valence-corrected chi connectivity index (χ0v) is 12.7. The van der Waals surface area contributed by atoms with E-state index >= 15 is 0 Å². The second kappa shape index (κ2) is 5.44. The largest absolute Gasteiger partial charge is 0.416 e. The fourth-order valence-corrected chi connectivity index (χ4v) is 2.86. The van der Waals surface area contributed by atoms with Crippen molar-refractivity contribution in [2.45, 2.75) is 12.7 Å². The molecule has 0 spiro atoms. The quantitative estimate of drug-likeness (QED) is 0.561. The smallest absolute Gasteiger partial charge is 0.287 e. The fourth-order valence-electron chi connectivity index (χ4n) is 2.86. The number of halogens is 3. The standard InChI is InChI=1S/C17H11F3N4O/c18-17(19,20)12-5-3-4-11(8-12)10-23-15-9-21-22-24(15)14-7-2-1-6-13(14)16(23)25/h1-9H,10H2. The molecule has 0 fully saturated rings. The fraction of sp³-hybridized carbons (Fsp3) is 0.118. The van der Waals surface area contributed by atoms with Crippen LogP contribution < -0.4 is 5.56 Å². The second-order valence-electron chi connectivity index (χ2n) is 5.61. The Kier molecular flexibility index (Phi) is 3.34. The molecule has 0 aliphatic carbocycles. The highest BCUT2D eigenvalue weighted by Crippen LogP contribution is 2.29. The summed E-state index contributed by atoms with van der Waals surface area (Å²) in [6.45, 7) is -0.00946. The van der Waals surface area contributed by atoms with E-state index in [0.29, 0.717) is 22.1 Å². The zero-order chi connectivity index (χ0) is 17.6. The van der Waals surface area contributed by atoms with E-state index in [1.54, 1.807) is 30.3 Å². The highest BCUT2D eigenvalue weighted by Gasteiger charge is 2.30. The van der Waals surface area contributed by atoms with Crippen molar-refractivity contribution in [1.82, 2.24) is 19.4 Å². The molecule has 0 aliphatic heterocycles. The molecule has 0 amide bonds. The Labute approximate surface area is 138 Å². The molecule has 4 rings (SSSR count). The SMILES string of the molecule is O=c1c2ccccc2n2nncc2n1Cc1cccc(C(F)(F)F)c1. The predicted molar refractivity (Wildman–Crippen MR) is 85.3 cm³/mol. The summed E-state index contributed by atoms with van der Waals surface area (Å²) >= 11 is 0. The molecule has 0 saturated heterocycles. The molecule has 126 valence electrons. The van der Waals surface area contributed by atoms with Gasteiger partial charge in [-0.25, -0.2) is 0 Å². The number of para-hydroxylation sites is 1. The Morgan fingerprint density at radius 3 is 2.64 bits per heavy atom. The average molecular weight is 344 g/mol. The number of aromatic nitrogens is 4. The van der Waals surface area contributed by atoms with Gasteiger partial charge in [0, 0.05) is 0 Å². The van der Waals surface area contributed by atoms with Gasteiger partial charge in [0.15, 0.2) is 5.65 Å². The molecule has 25 heavy (non-hydrogen) atoms. The van der Waals surface area contributed by atoms with Crippen LogP contribution in [0.1, 0.15) is 11.1 Å². The summed E-state index contributed by atoms with van der Waals surface area (Å²) < 4.78 is 41.6. The Balaban J connectivity index is 1.91. The van der Waals surface area contributed by atoms with Crippen LogP contribution in [0.4, 0.5) is 13.2 Å². The van der Waals surface area contributed by atoms with Crippen LogP contribution in [0.25, 0.3) is 16.6 Å². The number of hydrogen-bond donors (Lipinski definition) is 0. The summed E-state index contributed by atoms with van der Waals surface area (Å²) in [6, 6.07) is 11.8. The summed E-state index contributed by atoms with van der Waals surface area (Å²) in [5.74, 6) is 0. The number of nitrogens with zero attached hydrogens (tertiary/aromatic N) is 4. The second-order valence-corrected chi connectivity index (χ2v) is 5.61. The summed E-state index contributed by atoms with van der Waals surface area (Å²) in [4.78, 5) is 12.8. The monoisotopic (exact) mass is 344 g/mol. The molecular weight excluding hydrogens is 333 g/mol. The molecule has 0 bridgehead atoms. The van der Waals surface area contributed by atoms with E-state index in [4.69, 9.17) is 0 Å². The first-order chi connectivity index (χ1) is 11.9. The highest BCUT2D eigenvalue weighted by atomic mass is 19.4. The van der Waals surface area contributed by atoms with Gasteiger partial charge in [-0.1, -0.05) is 29.5 Å². The van der Waals surface area contributed by atoms with E-state index < -0.39 is 11.7 Å². The molecule has 2 heterocycles. The first-order valence-corrected chi connectivity index (χ1v) is 7.43. The third-order valence-electron chi connectivity index (χ3n) is 4.01. The number of fused-ring (bicyclic) bond motifs is 3. The third kappa shape index (κ3) is 2.55. The van der Waals surface area contributed by atoms with Gasteiger partial charge >= 0.3 is 6.18 Å². The van der Waals surface area contributed by atoms with Crippen LogP contribution in [0.15, 0.2) is 59.5 Å². The number of hydrogen-bond acceptors (Lipinski definition) is 3. The van der Waals surface area contributed by atoms with Gasteiger partial charge in [0.2, 0.25) is 0 Å². The zero-order valence-electron chi connectivity index (χ0n) is 12.7. The van der Waals surface area contributed by atoms with Crippen molar-refractivity contribution in [3.63, 3.8) is 0 Å². The van der Waals surface area contributed by atoms with Gasteiger partial charge in [0.05, 0.1) is 29.2 Å². The molecule has 2 aromatic heterocycles. The van der Waals surface area contributed by atoms with Crippen LogP contribution in [0.2, 0.25) is 0 Å². The minimum atomic E-state index is -4.43. The Bertz CT molecular complexity index is 1140. The van der Waals surface area contributed by atoms with Crippen molar-refractivity contribution in [2.24, 2.45) is 0 Å². The van der Waals surface area contributed by atoms with Crippen molar-refractivity contribution >= 4 is 16.6 Å². The Hall–Kier alpha value is -3.16. The molecule has 0 aliphatic rings. The van der Waals surface area contributed by atoms with Crippen molar-refractivity contribution in [3.8, 4) is 0 Å². The minimum Gasteiger partial charge on any atom is -0.287 e. The molecule has 0 unspecified atom stereocenters. The molecular formula is C17H11F3N4O. The highest BCUT2D eigenvalue weighted by molar-refractivity contribution is 5.80. The van der Waals surface area contributed by atoms with Gasteiger partial charge < -0.3 is 0 Å². The van der Waals surface area contributed by atoms with Gasteiger partial charge in [0.1, 0.15) is 0 Å². The lowest BCUT2D eigenvalue weighted by atomic mass is 10.1. The summed E-state index contributed by atoms with van der Waals surface area (Å²) in [7, 11) is 0. The third-order valence-corrected chi connectivity index (χ3v) is 4.01. The molecule has 0 radical (unpaired) electrons. The maximum Gasteiger partial charge on any atom is 0.416 e. The molecule has 2 aromatic carbocycles. The lowest BCUT2D eigenvalue weighted by Crippen LogP contribution is -2.23. The van der Waals surface area contributed by atoms with Crippen molar-refractivity contribution < 1.29 is 13.2 Å². The number of benzene rings is 2. The van der Waals surface area contributed by atoms with E-state index in [2.05, 4.69) is 10.3 Å². The summed E-state index contributed by atoms with van der Waals surface area (Å²) in [6.07, 6.45) is -3.01. The molecule has 0 saturated carbocycles. The van der Waals surface area contributed by atoms with E-state index in [0.717, 1.165) is 12.1 Å². The lowest BCUT2D eigenvalue weighted by Gasteiger charge is -2.12. The van der Waals surface area contributed by atoms with E-state index in [1.807, 2.05) is 0 Å². The van der Waals surface area contributed by atoms with Gasteiger partial charge in [-0.15, -0.1) is 5.10 Å². The number of rotatable bonds is 2. The van der Waals surface area contributed by atoms with Crippen molar-refractivity contribution in [3.05, 3.63) is 76.2 Å². The number of alkyl halides is 3. The molecule has 4 aromatic rings. The van der Waals surface area contributed by atoms with Gasteiger partial charge in [0.25, 0.3) is 5.56 Å². The van der Waals surface area contributed by atoms with Crippen LogP contribution in [0, 0.1) is 0 Å². The molecule has 0 atom stereocenters. The maximum atomic E-state index is 12.9. The molecule has 5 nitrogen and oxygen atoms in total. The normalized spacial score (nSPS) is 12.1. The van der Waals surface area contributed by atoms with Gasteiger partial charge in [-0.05, 0) is 29.8 Å². The van der Waals surface area contributed by atoms with Crippen LogP contribution in [-0.4, -0.2) is 19.4 Å². The topological polar surface area (TPSA) is 52.2 Å². The predicted octanol–water partition coefficient (Wildman–Crippen LogP) is 3.11. The van der Waals surface area contributed by atoms with E-state index in [-0.39, 0.29) is 12.1 Å². The van der Waals surface area contributed by atoms with E-state index in [9.17, 15) is 18.0 Å². The molecule has 8 heteroatoms. The minimum absolute atomic E-state index is 0.00946. The van der Waals surface area contributed by atoms with Crippen molar-refractivity contribution in [1.29, 1.82) is 0 Å². The van der Waals surface area contributed by atoms with Crippen LogP contribution in [0.5, 0.6) is 0 Å². The van der Waals surface area contributed by atoms with Crippen LogP contribution >= 0.6 is 0 Å². The van der Waals surface area contributed by atoms with Gasteiger partial charge in [-0.2, -0.15) is 17.7 Å². The average Bonchev–Trinajstić information content (AvgIpc) is 3.08. The Morgan fingerprint density at radius 1 is 1.04 bits per heavy atom. The maximum absolute atomic E-state index is 12.9. The van der Waals surface area contributed by atoms with Crippen molar-refractivity contribution in [2.75, 3.05) is 0 Å². The van der Waals surface area contributed by atoms with Crippen LogP contribution in [0.3, 0.4) is 0 Å². The van der Waals surface area contributed by atoms with E-state index in [1.165, 1.54) is 21.3 Å². The summed E-state index contributed by atoms with van der Waals surface area (Å²) in [5, 5.41) is 8.22. The van der Waals surface area contributed by atoms with Crippen LogP contribution in [-0.2, 0) is 12.7 Å². The Morgan fingerprint density at radius 2 is 1.84 bits per heavy atom. The first kappa shape index (κ1) is 15.4. The lowest BCUT2D eigenvalue weighted by molar-refractivity contribution is -0.137. The van der Waals surface area contributed by atoms with Gasteiger partial charge in [-0.3, -0.25) is 9.36 Å². The summed E-state index contributed by atoms with van der Waals surface area (Å²) in [5.41, 5.74) is 0.334. The molecule has 0 N–H and O–H groups in total. The first-order valence-electron chi connectivity index (χ1n) is 7.43.